The summed E-state index contributed by atoms with van der Waals surface area (Å²) in [4.78, 5) is 2.23. The van der Waals surface area contributed by atoms with Crippen molar-refractivity contribution in [3.05, 3.63) is 64.6 Å². The van der Waals surface area contributed by atoms with E-state index < -0.39 is 10.1 Å². The lowest BCUT2D eigenvalue weighted by atomic mass is 10.1. The van der Waals surface area contributed by atoms with Crippen LogP contribution < -0.4 is 4.18 Å². The molecule has 0 N–H and O–H groups in total. The molecule has 1 aliphatic heterocycles. The molecule has 1 saturated heterocycles. The van der Waals surface area contributed by atoms with E-state index in [1.165, 1.54) is 5.56 Å². The van der Waals surface area contributed by atoms with Gasteiger partial charge in [-0.05, 0) is 49.2 Å². The molecule has 1 fully saturated rings. The highest BCUT2D eigenvalue weighted by molar-refractivity contribution is 9.10. The van der Waals surface area contributed by atoms with Crippen LogP contribution in [-0.4, -0.2) is 32.2 Å². The molecule has 1 heterocycles. The van der Waals surface area contributed by atoms with Gasteiger partial charge in [0, 0.05) is 17.1 Å². The zero-order valence-electron chi connectivity index (χ0n) is 13.3. The lowest BCUT2D eigenvalue weighted by Crippen LogP contribution is -2.30. The number of hydrogen-bond acceptors (Lipinski definition) is 4. The van der Waals surface area contributed by atoms with Gasteiger partial charge in [-0.1, -0.05) is 46.3 Å². The van der Waals surface area contributed by atoms with Crippen LogP contribution >= 0.6 is 15.9 Å². The van der Waals surface area contributed by atoms with Gasteiger partial charge in [-0.3, -0.25) is 4.90 Å². The summed E-state index contributed by atoms with van der Waals surface area (Å²) in [6.07, 6.45) is 2.14. The number of likely N-dealkylation sites (tertiary alicyclic amines) is 1. The van der Waals surface area contributed by atoms with Crippen LogP contribution in [0.5, 0.6) is 5.75 Å². The lowest BCUT2D eigenvalue weighted by Gasteiger charge is -2.24. The number of para-hydroxylation sites is 1. The van der Waals surface area contributed by atoms with Crippen LogP contribution in [0.25, 0.3) is 0 Å². The molecular formula is C18H20BrNO3S. The van der Waals surface area contributed by atoms with Crippen molar-refractivity contribution in [2.45, 2.75) is 18.9 Å². The van der Waals surface area contributed by atoms with E-state index in [4.69, 9.17) is 4.18 Å². The van der Waals surface area contributed by atoms with Crippen molar-refractivity contribution in [1.82, 2.24) is 4.90 Å². The number of hydrogen-bond donors (Lipinski definition) is 0. The molecule has 2 aromatic carbocycles. The van der Waals surface area contributed by atoms with Crippen LogP contribution in [0.3, 0.4) is 0 Å². The van der Waals surface area contributed by atoms with E-state index in [0.717, 1.165) is 23.9 Å². The third-order valence-electron chi connectivity index (χ3n) is 4.21. The second-order valence-corrected chi connectivity index (χ2v) is 8.51. The Morgan fingerprint density at radius 2 is 1.79 bits per heavy atom. The van der Waals surface area contributed by atoms with Gasteiger partial charge in [-0.15, -0.1) is 0 Å². The Bertz CT molecular complexity index is 763. The minimum atomic E-state index is -3.58. The highest BCUT2D eigenvalue weighted by Gasteiger charge is 2.27. The Balaban J connectivity index is 1.61. The largest absolute Gasteiger partial charge is 0.382 e. The summed E-state index contributed by atoms with van der Waals surface area (Å²) in [5.41, 5.74) is 1.23. The predicted molar refractivity (Wildman–Crippen MR) is 98.5 cm³/mol. The molecule has 24 heavy (non-hydrogen) atoms. The molecule has 1 aliphatic rings. The van der Waals surface area contributed by atoms with Crippen molar-refractivity contribution in [3.63, 3.8) is 0 Å². The van der Waals surface area contributed by atoms with Crippen molar-refractivity contribution in [2.24, 2.45) is 0 Å². The summed E-state index contributed by atoms with van der Waals surface area (Å²) in [6.45, 7) is 1.40. The van der Waals surface area contributed by atoms with Crippen molar-refractivity contribution in [1.29, 1.82) is 0 Å². The maximum atomic E-state index is 12.2. The van der Waals surface area contributed by atoms with Gasteiger partial charge in [0.05, 0.1) is 5.75 Å². The van der Waals surface area contributed by atoms with E-state index in [1.807, 2.05) is 18.2 Å². The van der Waals surface area contributed by atoms with Crippen LogP contribution in [-0.2, 0) is 10.1 Å². The Morgan fingerprint density at radius 3 is 2.50 bits per heavy atom. The molecular weight excluding hydrogens is 390 g/mol. The molecule has 0 radical (unpaired) electrons. The minimum absolute atomic E-state index is 0.00504. The fourth-order valence-corrected chi connectivity index (χ4v) is 4.26. The monoisotopic (exact) mass is 409 g/mol. The molecule has 2 aromatic rings. The Hall–Kier alpha value is -1.37. The second kappa shape index (κ2) is 7.68. The summed E-state index contributed by atoms with van der Waals surface area (Å²) in [5, 5.41) is 0. The summed E-state index contributed by atoms with van der Waals surface area (Å²) < 4.78 is 30.6. The first-order valence-electron chi connectivity index (χ1n) is 8.00. The highest BCUT2D eigenvalue weighted by Crippen LogP contribution is 2.32. The Morgan fingerprint density at radius 1 is 1.08 bits per heavy atom. The normalized spacial score (nSPS) is 18.6. The third-order valence-corrected chi connectivity index (χ3v) is 5.87. The fraction of sp³-hybridized carbons (Fsp3) is 0.333. The van der Waals surface area contributed by atoms with Gasteiger partial charge >= 0.3 is 10.1 Å². The topological polar surface area (TPSA) is 46.6 Å². The first kappa shape index (κ1) is 17.5. The van der Waals surface area contributed by atoms with E-state index in [9.17, 15) is 8.42 Å². The molecule has 0 spiro atoms. The first-order valence-corrected chi connectivity index (χ1v) is 10.4. The van der Waals surface area contributed by atoms with E-state index in [1.54, 1.807) is 24.3 Å². The number of halogens is 1. The summed E-state index contributed by atoms with van der Waals surface area (Å²) >= 11 is 3.45. The van der Waals surface area contributed by atoms with Gasteiger partial charge in [-0.25, -0.2) is 0 Å². The third kappa shape index (κ3) is 4.59. The second-order valence-electron chi connectivity index (χ2n) is 5.90. The van der Waals surface area contributed by atoms with Gasteiger partial charge in [0.2, 0.25) is 0 Å². The molecule has 0 unspecified atom stereocenters. The van der Waals surface area contributed by atoms with Crippen molar-refractivity contribution < 1.29 is 12.6 Å². The average Bonchev–Trinajstić information content (AvgIpc) is 3.03. The predicted octanol–water partition coefficient (Wildman–Crippen LogP) is 3.99. The Kier molecular flexibility index (Phi) is 5.58. The van der Waals surface area contributed by atoms with Crippen LogP contribution in [0.4, 0.5) is 0 Å². The molecule has 128 valence electrons. The van der Waals surface area contributed by atoms with E-state index >= 15 is 0 Å². The fourth-order valence-electron chi connectivity index (χ4n) is 3.05. The molecule has 4 nitrogen and oxygen atoms in total. The SMILES string of the molecule is O=S(=O)(CCN1CCC[C@@H]1c1ccc(Br)cc1)Oc1ccccc1. The van der Waals surface area contributed by atoms with Crippen molar-refractivity contribution in [3.8, 4) is 5.75 Å². The maximum absolute atomic E-state index is 12.2. The average molecular weight is 410 g/mol. The van der Waals surface area contributed by atoms with Gasteiger partial charge in [-0.2, -0.15) is 8.42 Å². The molecule has 0 aromatic heterocycles. The smallest absolute Gasteiger partial charge is 0.310 e. The highest BCUT2D eigenvalue weighted by atomic mass is 79.9. The Labute approximate surface area is 151 Å². The number of nitrogens with zero attached hydrogens (tertiary/aromatic N) is 1. The van der Waals surface area contributed by atoms with Gasteiger partial charge in [0.25, 0.3) is 0 Å². The van der Waals surface area contributed by atoms with Crippen LogP contribution in [0.2, 0.25) is 0 Å². The molecule has 1 atom stereocenters. The minimum Gasteiger partial charge on any atom is -0.382 e. The van der Waals surface area contributed by atoms with Crippen molar-refractivity contribution >= 4 is 26.0 Å². The van der Waals surface area contributed by atoms with E-state index in [-0.39, 0.29) is 11.8 Å². The summed E-state index contributed by atoms with van der Waals surface area (Å²) in [5.74, 6) is 0.359. The van der Waals surface area contributed by atoms with Crippen molar-refractivity contribution in [2.75, 3.05) is 18.8 Å². The summed E-state index contributed by atoms with van der Waals surface area (Å²) in [6, 6.07) is 17.2. The molecule has 0 bridgehead atoms. The van der Waals surface area contributed by atoms with E-state index in [0.29, 0.717) is 12.3 Å². The first-order chi connectivity index (χ1) is 11.5. The van der Waals surface area contributed by atoms with Gasteiger partial charge < -0.3 is 4.18 Å². The molecule has 0 amide bonds. The molecule has 6 heteroatoms. The van der Waals surface area contributed by atoms with Gasteiger partial charge in [0.15, 0.2) is 0 Å². The number of benzene rings is 2. The zero-order valence-corrected chi connectivity index (χ0v) is 15.7. The maximum Gasteiger partial charge on any atom is 0.310 e. The van der Waals surface area contributed by atoms with Gasteiger partial charge in [0.1, 0.15) is 5.75 Å². The standard InChI is InChI=1S/C18H20BrNO3S/c19-16-10-8-15(9-11-16)18-7-4-12-20(18)13-14-24(21,22)23-17-5-2-1-3-6-17/h1-3,5-6,8-11,18H,4,7,12-14H2/t18-/m1/s1. The lowest BCUT2D eigenvalue weighted by molar-refractivity contribution is 0.270. The van der Waals surface area contributed by atoms with Crippen LogP contribution in [0.1, 0.15) is 24.4 Å². The molecule has 0 aliphatic carbocycles. The zero-order chi connectivity index (χ0) is 17.0. The summed E-state index contributed by atoms with van der Waals surface area (Å²) in [7, 11) is -3.58. The van der Waals surface area contributed by atoms with Crippen LogP contribution in [0, 0.1) is 0 Å². The quantitative estimate of drug-likeness (QED) is 0.676. The molecule has 0 saturated carbocycles. The van der Waals surface area contributed by atoms with Crippen LogP contribution in [0.15, 0.2) is 59.1 Å². The number of rotatable bonds is 6. The molecule has 3 rings (SSSR count). The van der Waals surface area contributed by atoms with E-state index in [2.05, 4.69) is 33.0 Å².